The SMILES string of the molecule is CC(=O)N1N=C(c2ccccc2F)O[C@H]1c1cccc(NC(=O)c2ccc(C)cc2)c1. The van der Waals surface area contributed by atoms with Crippen molar-refractivity contribution in [3.8, 4) is 0 Å². The Morgan fingerprint density at radius 3 is 2.48 bits per heavy atom. The van der Waals surface area contributed by atoms with E-state index < -0.39 is 12.0 Å². The number of carbonyl (C=O) groups excluding carboxylic acids is 2. The van der Waals surface area contributed by atoms with Crippen LogP contribution in [0.25, 0.3) is 0 Å². The van der Waals surface area contributed by atoms with E-state index in [9.17, 15) is 14.0 Å². The van der Waals surface area contributed by atoms with Crippen LogP contribution in [0.1, 0.15) is 40.2 Å². The third-order valence-electron chi connectivity index (χ3n) is 4.81. The standard InChI is InChI=1S/C24H20FN3O3/c1-15-10-12-17(13-11-15)22(30)26-19-7-5-6-18(14-19)24-28(16(2)29)27-23(31-24)20-8-3-4-9-21(20)25/h3-14,24H,1-2H3,(H,26,30)/t24-/m0/s1. The van der Waals surface area contributed by atoms with Gasteiger partial charge in [0, 0.05) is 23.7 Å². The second kappa shape index (κ2) is 8.39. The Bertz CT molecular complexity index is 1170. The number of rotatable bonds is 4. The monoisotopic (exact) mass is 417 g/mol. The molecule has 0 unspecified atom stereocenters. The fourth-order valence-electron chi connectivity index (χ4n) is 3.20. The molecule has 1 N–H and O–H groups in total. The first-order chi connectivity index (χ1) is 14.9. The summed E-state index contributed by atoms with van der Waals surface area (Å²) in [4.78, 5) is 24.7. The molecule has 0 saturated carbocycles. The summed E-state index contributed by atoms with van der Waals surface area (Å²) < 4.78 is 20.0. The summed E-state index contributed by atoms with van der Waals surface area (Å²) in [7, 11) is 0. The molecule has 0 spiro atoms. The molecular formula is C24H20FN3O3. The van der Waals surface area contributed by atoms with Gasteiger partial charge in [-0.2, -0.15) is 5.01 Å². The highest BCUT2D eigenvalue weighted by Gasteiger charge is 2.34. The van der Waals surface area contributed by atoms with E-state index in [4.69, 9.17) is 4.74 Å². The number of hydrazone groups is 1. The van der Waals surface area contributed by atoms with Gasteiger partial charge < -0.3 is 10.1 Å². The first kappa shape index (κ1) is 20.3. The lowest BCUT2D eigenvalue weighted by Gasteiger charge is -2.20. The molecule has 4 rings (SSSR count). The van der Waals surface area contributed by atoms with Crippen LogP contribution < -0.4 is 5.32 Å². The van der Waals surface area contributed by atoms with Crippen molar-refractivity contribution in [2.24, 2.45) is 5.10 Å². The molecule has 31 heavy (non-hydrogen) atoms. The van der Waals surface area contributed by atoms with Crippen LogP contribution in [0.3, 0.4) is 0 Å². The van der Waals surface area contributed by atoms with Crippen molar-refractivity contribution < 1.29 is 18.7 Å². The first-order valence-corrected chi connectivity index (χ1v) is 9.70. The molecule has 0 radical (unpaired) electrons. The van der Waals surface area contributed by atoms with E-state index in [0.29, 0.717) is 16.8 Å². The van der Waals surface area contributed by atoms with Crippen molar-refractivity contribution in [2.45, 2.75) is 20.1 Å². The van der Waals surface area contributed by atoms with E-state index in [1.54, 1.807) is 48.5 Å². The Hall–Kier alpha value is -4.00. The Balaban J connectivity index is 1.58. The summed E-state index contributed by atoms with van der Waals surface area (Å²) in [5.41, 5.74) is 2.89. The minimum absolute atomic E-state index is 0.0207. The van der Waals surface area contributed by atoms with E-state index in [1.807, 2.05) is 19.1 Å². The summed E-state index contributed by atoms with van der Waals surface area (Å²) in [6.45, 7) is 3.30. The fourth-order valence-corrected chi connectivity index (χ4v) is 3.20. The number of carbonyl (C=O) groups is 2. The van der Waals surface area contributed by atoms with E-state index >= 15 is 0 Å². The third kappa shape index (κ3) is 4.30. The molecule has 0 saturated heterocycles. The number of ether oxygens (including phenoxy) is 1. The minimum atomic E-state index is -0.872. The second-order valence-electron chi connectivity index (χ2n) is 7.16. The zero-order valence-electron chi connectivity index (χ0n) is 17.0. The van der Waals surface area contributed by atoms with Gasteiger partial charge in [0.1, 0.15) is 5.82 Å². The van der Waals surface area contributed by atoms with Gasteiger partial charge in [-0.1, -0.05) is 42.0 Å². The smallest absolute Gasteiger partial charge is 0.255 e. The molecule has 1 aliphatic rings. The summed E-state index contributed by atoms with van der Waals surface area (Å²) in [5, 5.41) is 8.17. The van der Waals surface area contributed by atoms with Crippen molar-refractivity contribution >= 4 is 23.4 Å². The Kier molecular flexibility index (Phi) is 5.49. The molecule has 7 heteroatoms. The van der Waals surface area contributed by atoms with Crippen LogP contribution in [0.15, 0.2) is 77.9 Å². The zero-order chi connectivity index (χ0) is 22.0. The molecule has 1 aliphatic heterocycles. The molecule has 0 bridgehead atoms. The third-order valence-corrected chi connectivity index (χ3v) is 4.81. The highest BCUT2D eigenvalue weighted by atomic mass is 19.1. The van der Waals surface area contributed by atoms with Crippen LogP contribution in [-0.4, -0.2) is 22.7 Å². The van der Waals surface area contributed by atoms with Crippen LogP contribution in [-0.2, 0) is 9.53 Å². The van der Waals surface area contributed by atoms with Crippen LogP contribution in [0.4, 0.5) is 10.1 Å². The maximum atomic E-state index is 14.2. The van der Waals surface area contributed by atoms with Gasteiger partial charge in [-0.05, 0) is 43.3 Å². The fraction of sp³-hybridized carbons (Fsp3) is 0.125. The summed E-state index contributed by atoms with van der Waals surface area (Å²) in [6.07, 6.45) is -0.872. The first-order valence-electron chi connectivity index (χ1n) is 9.70. The number of hydrogen-bond donors (Lipinski definition) is 1. The van der Waals surface area contributed by atoms with Gasteiger partial charge in [0.05, 0.1) is 5.56 Å². The Morgan fingerprint density at radius 1 is 1.03 bits per heavy atom. The lowest BCUT2D eigenvalue weighted by molar-refractivity contribution is -0.135. The van der Waals surface area contributed by atoms with Gasteiger partial charge in [-0.25, -0.2) is 4.39 Å². The number of nitrogens with one attached hydrogen (secondary N) is 1. The van der Waals surface area contributed by atoms with Crippen LogP contribution in [0.2, 0.25) is 0 Å². The van der Waals surface area contributed by atoms with Gasteiger partial charge in [0.25, 0.3) is 5.91 Å². The largest absolute Gasteiger partial charge is 0.446 e. The molecule has 3 aromatic rings. The van der Waals surface area contributed by atoms with E-state index in [2.05, 4.69) is 10.4 Å². The van der Waals surface area contributed by atoms with Crippen LogP contribution >= 0.6 is 0 Å². The normalized spacial score (nSPS) is 15.3. The predicted molar refractivity (Wildman–Crippen MR) is 115 cm³/mol. The number of anilines is 1. The van der Waals surface area contributed by atoms with Gasteiger partial charge in [0.15, 0.2) is 0 Å². The maximum absolute atomic E-state index is 14.2. The Labute approximate surface area is 179 Å². The van der Waals surface area contributed by atoms with Gasteiger partial charge in [-0.15, -0.1) is 5.10 Å². The molecule has 6 nitrogen and oxygen atoms in total. The summed E-state index contributed by atoms with van der Waals surface area (Å²) in [6, 6.07) is 20.2. The van der Waals surface area contributed by atoms with E-state index in [1.165, 1.54) is 19.1 Å². The molecular weight excluding hydrogens is 397 g/mol. The summed E-state index contributed by atoms with van der Waals surface area (Å²) in [5.74, 6) is -1.08. The summed E-state index contributed by atoms with van der Waals surface area (Å²) >= 11 is 0. The van der Waals surface area contributed by atoms with Crippen molar-refractivity contribution in [2.75, 3.05) is 5.32 Å². The number of nitrogens with zero attached hydrogens (tertiary/aromatic N) is 2. The number of amides is 2. The second-order valence-corrected chi connectivity index (χ2v) is 7.16. The van der Waals surface area contributed by atoms with Gasteiger partial charge >= 0.3 is 0 Å². The molecule has 156 valence electrons. The molecule has 0 aliphatic carbocycles. The van der Waals surface area contributed by atoms with E-state index in [0.717, 1.165) is 10.6 Å². The maximum Gasteiger partial charge on any atom is 0.255 e. The highest BCUT2D eigenvalue weighted by Crippen LogP contribution is 2.32. The van der Waals surface area contributed by atoms with Crippen molar-refractivity contribution in [3.05, 3.63) is 101 Å². The quantitative estimate of drug-likeness (QED) is 0.673. The molecule has 3 aromatic carbocycles. The number of halogens is 1. The average molecular weight is 417 g/mol. The zero-order valence-corrected chi connectivity index (χ0v) is 17.0. The highest BCUT2D eigenvalue weighted by molar-refractivity contribution is 6.04. The topological polar surface area (TPSA) is 71.0 Å². The molecule has 2 amide bonds. The van der Waals surface area contributed by atoms with E-state index in [-0.39, 0.29) is 23.3 Å². The predicted octanol–water partition coefficient (Wildman–Crippen LogP) is 4.63. The molecule has 0 aromatic heterocycles. The number of hydrogen-bond acceptors (Lipinski definition) is 4. The van der Waals surface area contributed by atoms with Crippen molar-refractivity contribution in [3.63, 3.8) is 0 Å². The lowest BCUT2D eigenvalue weighted by atomic mass is 10.1. The molecule has 0 fully saturated rings. The molecule has 1 atom stereocenters. The average Bonchev–Trinajstić information content (AvgIpc) is 3.20. The van der Waals surface area contributed by atoms with Crippen LogP contribution in [0.5, 0.6) is 0 Å². The van der Waals surface area contributed by atoms with Gasteiger partial charge in [0.2, 0.25) is 18.0 Å². The van der Waals surface area contributed by atoms with Gasteiger partial charge in [-0.3, -0.25) is 9.59 Å². The van der Waals surface area contributed by atoms with Crippen molar-refractivity contribution in [1.29, 1.82) is 0 Å². The minimum Gasteiger partial charge on any atom is -0.446 e. The number of benzene rings is 3. The lowest BCUT2D eigenvalue weighted by Crippen LogP contribution is -2.25. The number of aryl methyl sites for hydroxylation is 1. The van der Waals surface area contributed by atoms with Crippen LogP contribution in [0, 0.1) is 12.7 Å². The van der Waals surface area contributed by atoms with Crippen molar-refractivity contribution in [1.82, 2.24) is 5.01 Å². The Morgan fingerprint density at radius 2 is 1.77 bits per heavy atom. The molecule has 1 heterocycles.